The summed E-state index contributed by atoms with van der Waals surface area (Å²) < 4.78 is 5.14. The van der Waals surface area contributed by atoms with Gasteiger partial charge in [0, 0.05) is 11.6 Å². The molecule has 1 aromatic rings. The van der Waals surface area contributed by atoms with Crippen molar-refractivity contribution in [1.29, 1.82) is 0 Å². The summed E-state index contributed by atoms with van der Waals surface area (Å²) >= 11 is 0. The van der Waals surface area contributed by atoms with Crippen LogP contribution in [0.25, 0.3) is 0 Å². The third-order valence-corrected chi connectivity index (χ3v) is 4.34. The minimum Gasteiger partial charge on any atom is -0.472 e. The minimum absolute atomic E-state index is 0.0980. The van der Waals surface area contributed by atoms with Gasteiger partial charge in [0.1, 0.15) is 0 Å². The van der Waals surface area contributed by atoms with Gasteiger partial charge in [-0.3, -0.25) is 4.90 Å². The molecule has 0 bridgehead atoms. The van der Waals surface area contributed by atoms with E-state index < -0.39 is 0 Å². The average Bonchev–Trinajstić information content (AvgIpc) is 2.88. The number of nitrogens with zero attached hydrogens (tertiary/aromatic N) is 1. The minimum atomic E-state index is 0.0980. The van der Waals surface area contributed by atoms with Gasteiger partial charge < -0.3 is 10.2 Å². The quantitative estimate of drug-likeness (QED) is 0.773. The normalized spacial score (nSPS) is 14.1. The predicted octanol–water partition coefficient (Wildman–Crippen LogP) is 3.05. The Balaban J connectivity index is 2.88. The van der Waals surface area contributed by atoms with E-state index in [1.807, 2.05) is 6.07 Å². The van der Waals surface area contributed by atoms with Gasteiger partial charge in [-0.2, -0.15) is 0 Å². The Labute approximate surface area is 111 Å². The predicted molar refractivity (Wildman–Crippen MR) is 76.6 cm³/mol. The van der Waals surface area contributed by atoms with Crippen LogP contribution in [0, 0.1) is 0 Å². The van der Waals surface area contributed by atoms with Crippen LogP contribution in [0.4, 0.5) is 0 Å². The number of hydrogen-bond donors (Lipinski definition) is 1. The van der Waals surface area contributed by atoms with Gasteiger partial charge in [0.05, 0.1) is 12.5 Å². The monoisotopic (exact) mass is 252 g/mol. The van der Waals surface area contributed by atoms with Crippen LogP contribution in [-0.4, -0.2) is 29.6 Å². The van der Waals surface area contributed by atoms with E-state index in [1.165, 1.54) is 5.56 Å². The van der Waals surface area contributed by atoms with Crippen LogP contribution < -0.4 is 5.73 Å². The Morgan fingerprint density at radius 2 is 1.83 bits per heavy atom. The van der Waals surface area contributed by atoms with Crippen molar-refractivity contribution in [3.05, 3.63) is 24.2 Å². The van der Waals surface area contributed by atoms with Crippen LogP contribution in [0.15, 0.2) is 23.0 Å². The molecule has 2 N–H and O–H groups in total. The van der Waals surface area contributed by atoms with E-state index in [1.54, 1.807) is 12.5 Å². The summed E-state index contributed by atoms with van der Waals surface area (Å²) in [6.45, 7) is 11.0. The second kappa shape index (κ2) is 6.95. The Morgan fingerprint density at radius 3 is 2.22 bits per heavy atom. The van der Waals surface area contributed by atoms with E-state index in [4.69, 9.17) is 10.2 Å². The first kappa shape index (κ1) is 15.3. The van der Waals surface area contributed by atoms with E-state index in [9.17, 15) is 0 Å². The van der Waals surface area contributed by atoms with Crippen LogP contribution in [0.3, 0.4) is 0 Å². The first-order chi connectivity index (χ1) is 8.64. The van der Waals surface area contributed by atoms with E-state index in [-0.39, 0.29) is 11.6 Å². The summed E-state index contributed by atoms with van der Waals surface area (Å²) in [5.41, 5.74) is 7.83. The van der Waals surface area contributed by atoms with Gasteiger partial charge in [-0.1, -0.05) is 27.7 Å². The second-order valence-corrected chi connectivity index (χ2v) is 4.93. The fourth-order valence-corrected chi connectivity index (χ4v) is 3.16. The molecule has 0 radical (unpaired) electrons. The Hall–Kier alpha value is -0.800. The molecule has 3 nitrogen and oxygen atoms in total. The van der Waals surface area contributed by atoms with Crippen LogP contribution in [-0.2, 0) is 6.42 Å². The zero-order chi connectivity index (χ0) is 13.6. The van der Waals surface area contributed by atoms with Gasteiger partial charge in [-0.25, -0.2) is 0 Å². The smallest absolute Gasteiger partial charge is 0.0935 e. The number of rotatable bonds is 8. The van der Waals surface area contributed by atoms with Crippen molar-refractivity contribution in [3.63, 3.8) is 0 Å². The molecule has 0 saturated carbocycles. The summed E-state index contributed by atoms with van der Waals surface area (Å²) in [4.78, 5) is 2.51. The molecule has 1 heterocycles. The van der Waals surface area contributed by atoms with E-state index >= 15 is 0 Å². The standard InChI is InChI=1S/C15H28N2O/c1-5-15(6-2,17(7-3)8-4)14(16)11-13-9-10-18-12-13/h9-10,12,14H,5-8,11,16H2,1-4H3. The van der Waals surface area contributed by atoms with Gasteiger partial charge in [-0.05, 0) is 44.0 Å². The lowest BCUT2D eigenvalue weighted by Crippen LogP contribution is -2.60. The number of likely N-dealkylation sites (N-methyl/N-ethyl adjacent to an activating group) is 1. The molecule has 0 amide bonds. The molecular weight excluding hydrogens is 224 g/mol. The third kappa shape index (κ3) is 2.96. The summed E-state index contributed by atoms with van der Waals surface area (Å²) in [5, 5.41) is 0. The summed E-state index contributed by atoms with van der Waals surface area (Å²) in [5.74, 6) is 0. The molecule has 0 aliphatic rings. The number of hydrogen-bond acceptors (Lipinski definition) is 3. The molecule has 1 unspecified atom stereocenters. The lowest BCUT2D eigenvalue weighted by molar-refractivity contribution is 0.0628. The molecular formula is C15H28N2O. The molecule has 0 aromatic carbocycles. The zero-order valence-corrected chi connectivity index (χ0v) is 12.3. The van der Waals surface area contributed by atoms with Crippen molar-refractivity contribution in [2.24, 2.45) is 5.73 Å². The highest BCUT2D eigenvalue weighted by molar-refractivity contribution is 5.11. The van der Waals surface area contributed by atoms with E-state index in [2.05, 4.69) is 32.6 Å². The molecule has 0 aliphatic carbocycles. The third-order valence-electron chi connectivity index (χ3n) is 4.34. The van der Waals surface area contributed by atoms with Crippen LogP contribution >= 0.6 is 0 Å². The molecule has 3 heteroatoms. The van der Waals surface area contributed by atoms with Gasteiger partial charge in [0.15, 0.2) is 0 Å². The van der Waals surface area contributed by atoms with Crippen LogP contribution in [0.2, 0.25) is 0 Å². The highest BCUT2D eigenvalue weighted by Gasteiger charge is 2.37. The molecule has 1 aromatic heterocycles. The molecule has 18 heavy (non-hydrogen) atoms. The van der Waals surface area contributed by atoms with Crippen LogP contribution in [0.5, 0.6) is 0 Å². The SMILES string of the molecule is CCN(CC)C(CC)(CC)C(N)Cc1ccoc1. The van der Waals surface area contributed by atoms with Crippen molar-refractivity contribution in [1.82, 2.24) is 4.90 Å². The van der Waals surface area contributed by atoms with Crippen molar-refractivity contribution in [3.8, 4) is 0 Å². The van der Waals surface area contributed by atoms with Crippen LogP contribution in [0.1, 0.15) is 46.1 Å². The molecule has 1 rings (SSSR count). The molecule has 0 saturated heterocycles. The Kier molecular flexibility index (Phi) is 5.89. The topological polar surface area (TPSA) is 42.4 Å². The van der Waals surface area contributed by atoms with E-state index in [0.717, 1.165) is 32.4 Å². The van der Waals surface area contributed by atoms with Crippen molar-refractivity contribution in [2.45, 2.75) is 58.5 Å². The zero-order valence-electron chi connectivity index (χ0n) is 12.3. The van der Waals surface area contributed by atoms with Gasteiger partial charge in [0.2, 0.25) is 0 Å². The van der Waals surface area contributed by atoms with Gasteiger partial charge in [-0.15, -0.1) is 0 Å². The summed E-state index contributed by atoms with van der Waals surface area (Å²) in [6.07, 6.45) is 6.58. The molecule has 0 fully saturated rings. The highest BCUT2D eigenvalue weighted by atomic mass is 16.3. The fourth-order valence-electron chi connectivity index (χ4n) is 3.16. The van der Waals surface area contributed by atoms with E-state index in [0.29, 0.717) is 0 Å². The van der Waals surface area contributed by atoms with Crippen molar-refractivity contribution >= 4 is 0 Å². The first-order valence-corrected chi connectivity index (χ1v) is 7.16. The molecule has 0 aliphatic heterocycles. The lowest BCUT2D eigenvalue weighted by Gasteiger charge is -2.46. The highest BCUT2D eigenvalue weighted by Crippen LogP contribution is 2.28. The van der Waals surface area contributed by atoms with Gasteiger partial charge >= 0.3 is 0 Å². The maximum Gasteiger partial charge on any atom is 0.0935 e. The molecule has 1 atom stereocenters. The first-order valence-electron chi connectivity index (χ1n) is 7.16. The molecule has 104 valence electrons. The average molecular weight is 252 g/mol. The Bertz CT molecular complexity index is 313. The number of furan rings is 1. The maximum atomic E-state index is 6.53. The lowest BCUT2D eigenvalue weighted by atomic mass is 9.80. The fraction of sp³-hybridized carbons (Fsp3) is 0.733. The Morgan fingerprint density at radius 1 is 1.22 bits per heavy atom. The maximum absolute atomic E-state index is 6.53. The summed E-state index contributed by atoms with van der Waals surface area (Å²) in [7, 11) is 0. The molecule has 0 spiro atoms. The van der Waals surface area contributed by atoms with Gasteiger partial charge in [0.25, 0.3) is 0 Å². The summed E-state index contributed by atoms with van der Waals surface area (Å²) in [6, 6.07) is 2.16. The van der Waals surface area contributed by atoms with Crippen molar-refractivity contribution < 1.29 is 4.42 Å². The number of nitrogens with two attached hydrogens (primary N) is 1. The largest absolute Gasteiger partial charge is 0.472 e. The van der Waals surface area contributed by atoms with Crippen molar-refractivity contribution in [2.75, 3.05) is 13.1 Å². The second-order valence-electron chi connectivity index (χ2n) is 4.93.